The molecule has 0 bridgehead atoms. The van der Waals surface area contributed by atoms with Gasteiger partial charge in [-0.2, -0.15) is 0 Å². The summed E-state index contributed by atoms with van der Waals surface area (Å²) in [5.74, 6) is 0.621. The van der Waals surface area contributed by atoms with Gasteiger partial charge in [-0.25, -0.2) is 4.79 Å². The van der Waals surface area contributed by atoms with E-state index >= 15 is 0 Å². The molecule has 0 saturated heterocycles. The zero-order valence-corrected chi connectivity index (χ0v) is 21.9. The van der Waals surface area contributed by atoms with Gasteiger partial charge in [0.25, 0.3) is 0 Å². The van der Waals surface area contributed by atoms with Gasteiger partial charge in [-0.05, 0) is 89.5 Å². The second-order valence-corrected chi connectivity index (χ2v) is 9.49. The Balaban J connectivity index is 1.77. The van der Waals surface area contributed by atoms with Crippen molar-refractivity contribution >= 4 is 16.8 Å². The molecule has 0 aliphatic heterocycles. The third-order valence-corrected chi connectivity index (χ3v) is 6.41. The van der Waals surface area contributed by atoms with E-state index in [1.165, 1.54) is 5.57 Å². The largest absolute Gasteiger partial charge is 0.493 e. The summed E-state index contributed by atoms with van der Waals surface area (Å²) in [6.07, 6.45) is 3.86. The van der Waals surface area contributed by atoms with Crippen LogP contribution in [-0.2, 0) is 12.8 Å². The second kappa shape index (κ2) is 12.0. The van der Waals surface area contributed by atoms with Crippen LogP contribution >= 0.6 is 0 Å². The fraction of sp³-hybridized carbons (Fsp3) is 0.400. The molecule has 0 radical (unpaired) electrons. The lowest BCUT2D eigenvalue weighted by Crippen LogP contribution is -2.20. The van der Waals surface area contributed by atoms with Crippen LogP contribution in [0.25, 0.3) is 11.0 Å². The van der Waals surface area contributed by atoms with E-state index < -0.39 is 5.63 Å². The summed E-state index contributed by atoms with van der Waals surface area (Å²) in [4.78, 5) is 28.0. The minimum absolute atomic E-state index is 0.00562. The van der Waals surface area contributed by atoms with Crippen molar-refractivity contribution in [3.8, 4) is 5.75 Å². The molecule has 1 heterocycles. The van der Waals surface area contributed by atoms with E-state index in [0.717, 1.165) is 48.0 Å². The summed E-state index contributed by atoms with van der Waals surface area (Å²) in [6, 6.07) is 11.3. The molecular weight excluding hydrogens is 438 g/mol. The van der Waals surface area contributed by atoms with Gasteiger partial charge in [0, 0.05) is 35.0 Å². The van der Waals surface area contributed by atoms with Gasteiger partial charge in [0.2, 0.25) is 0 Å². The van der Waals surface area contributed by atoms with Gasteiger partial charge in [0.15, 0.2) is 5.78 Å². The highest BCUT2D eigenvalue weighted by molar-refractivity contribution is 5.98. The smallest absolute Gasteiger partial charge is 0.339 e. The lowest BCUT2D eigenvalue weighted by molar-refractivity contribution is 0.0992. The van der Waals surface area contributed by atoms with Gasteiger partial charge in [-0.15, -0.1) is 0 Å². The van der Waals surface area contributed by atoms with E-state index in [0.29, 0.717) is 29.1 Å². The maximum absolute atomic E-state index is 13.0. The van der Waals surface area contributed by atoms with Crippen molar-refractivity contribution in [3.63, 3.8) is 0 Å². The van der Waals surface area contributed by atoms with Crippen LogP contribution in [0.3, 0.4) is 0 Å². The van der Waals surface area contributed by atoms with Crippen LogP contribution in [0.4, 0.5) is 0 Å². The lowest BCUT2D eigenvalue weighted by atomic mass is 9.97. The molecule has 186 valence electrons. The SMILES string of the molecule is CCN(C)CCCOc1ccc2cc(CC(=O)c3ccc(C)c(CC=C(C)C)c3)c(=O)oc2c1C. The van der Waals surface area contributed by atoms with Gasteiger partial charge in [0.05, 0.1) is 6.61 Å². The van der Waals surface area contributed by atoms with Crippen LogP contribution in [0.2, 0.25) is 0 Å². The topological polar surface area (TPSA) is 59.8 Å². The Morgan fingerprint density at radius 2 is 1.86 bits per heavy atom. The number of nitrogens with zero attached hydrogens (tertiary/aromatic N) is 1. The first-order chi connectivity index (χ1) is 16.7. The maximum Gasteiger partial charge on any atom is 0.339 e. The first-order valence-electron chi connectivity index (χ1n) is 12.3. The molecule has 0 fully saturated rings. The van der Waals surface area contributed by atoms with Crippen LogP contribution in [0.15, 0.2) is 57.3 Å². The number of rotatable bonds is 11. The molecule has 5 nitrogen and oxygen atoms in total. The summed E-state index contributed by atoms with van der Waals surface area (Å²) in [5.41, 5.74) is 5.31. The molecule has 5 heteroatoms. The zero-order valence-electron chi connectivity index (χ0n) is 21.9. The highest BCUT2D eigenvalue weighted by atomic mass is 16.5. The third-order valence-electron chi connectivity index (χ3n) is 6.41. The number of ether oxygens (including phenoxy) is 1. The number of benzene rings is 2. The van der Waals surface area contributed by atoms with Crippen LogP contribution in [0.5, 0.6) is 5.75 Å². The normalized spacial score (nSPS) is 11.2. The van der Waals surface area contributed by atoms with Crippen molar-refractivity contribution in [2.75, 3.05) is 26.7 Å². The summed E-state index contributed by atoms with van der Waals surface area (Å²) in [7, 11) is 2.08. The molecule has 2 aromatic carbocycles. The number of ketones is 1. The molecule has 35 heavy (non-hydrogen) atoms. The molecule has 0 saturated carbocycles. The summed E-state index contributed by atoms with van der Waals surface area (Å²) in [5, 5.41) is 0.788. The number of hydrogen-bond acceptors (Lipinski definition) is 5. The molecule has 0 amide bonds. The molecule has 0 unspecified atom stereocenters. The van der Waals surface area contributed by atoms with Crippen LogP contribution < -0.4 is 10.4 Å². The summed E-state index contributed by atoms with van der Waals surface area (Å²) < 4.78 is 11.6. The molecule has 0 atom stereocenters. The molecule has 1 aromatic heterocycles. The van der Waals surface area contributed by atoms with E-state index in [4.69, 9.17) is 9.15 Å². The van der Waals surface area contributed by atoms with Gasteiger partial charge in [-0.3, -0.25) is 4.79 Å². The first-order valence-corrected chi connectivity index (χ1v) is 12.3. The highest BCUT2D eigenvalue weighted by Gasteiger charge is 2.15. The van der Waals surface area contributed by atoms with Gasteiger partial charge < -0.3 is 14.1 Å². The monoisotopic (exact) mass is 475 g/mol. The van der Waals surface area contributed by atoms with E-state index in [1.807, 2.05) is 44.2 Å². The third kappa shape index (κ3) is 6.92. The van der Waals surface area contributed by atoms with E-state index in [-0.39, 0.29) is 12.2 Å². The minimum Gasteiger partial charge on any atom is -0.493 e. The molecule has 0 N–H and O–H groups in total. The van der Waals surface area contributed by atoms with Gasteiger partial charge in [0.1, 0.15) is 11.3 Å². The number of carbonyl (C=O) groups is 1. The lowest BCUT2D eigenvalue weighted by Gasteiger charge is -2.15. The summed E-state index contributed by atoms with van der Waals surface area (Å²) in [6.45, 7) is 12.8. The predicted molar refractivity (Wildman–Crippen MR) is 143 cm³/mol. The Kier molecular flexibility index (Phi) is 9.05. The fourth-order valence-electron chi connectivity index (χ4n) is 3.96. The predicted octanol–water partition coefficient (Wildman–Crippen LogP) is 6.06. The number of fused-ring (bicyclic) bond motifs is 1. The van der Waals surface area contributed by atoms with Crippen molar-refractivity contribution in [2.24, 2.45) is 0 Å². The van der Waals surface area contributed by atoms with Gasteiger partial charge >= 0.3 is 5.63 Å². The molecule has 0 aliphatic carbocycles. The Morgan fingerprint density at radius 3 is 2.57 bits per heavy atom. The zero-order chi connectivity index (χ0) is 25.5. The fourth-order valence-corrected chi connectivity index (χ4v) is 3.96. The van der Waals surface area contributed by atoms with Gasteiger partial charge in [-0.1, -0.05) is 30.7 Å². The van der Waals surface area contributed by atoms with Crippen molar-refractivity contribution in [1.29, 1.82) is 0 Å². The van der Waals surface area contributed by atoms with Crippen LogP contribution in [0.1, 0.15) is 59.8 Å². The van der Waals surface area contributed by atoms with Crippen molar-refractivity contribution in [3.05, 3.63) is 86.3 Å². The average molecular weight is 476 g/mol. The van der Waals surface area contributed by atoms with Crippen LogP contribution in [-0.4, -0.2) is 37.4 Å². The Hall–Kier alpha value is -3.18. The highest BCUT2D eigenvalue weighted by Crippen LogP contribution is 2.27. The Labute approximate surface area is 208 Å². The number of aryl methyl sites for hydroxylation is 2. The molecule has 3 rings (SSSR count). The quantitative estimate of drug-likeness (QED) is 0.146. The number of hydrogen-bond donors (Lipinski definition) is 0. The Morgan fingerprint density at radius 1 is 1.09 bits per heavy atom. The molecular formula is C30H37NO4. The minimum atomic E-state index is -0.479. The maximum atomic E-state index is 13.0. The van der Waals surface area contributed by atoms with Crippen molar-refractivity contribution in [2.45, 2.75) is 53.9 Å². The van der Waals surface area contributed by atoms with Crippen molar-refractivity contribution in [1.82, 2.24) is 4.90 Å². The van der Waals surface area contributed by atoms with Crippen molar-refractivity contribution < 1.29 is 13.9 Å². The van der Waals surface area contributed by atoms with E-state index in [1.54, 1.807) is 6.07 Å². The standard InChI is InChI=1S/C30H37NO4/c1-7-31(6)15-8-16-34-28-14-13-25-18-26(30(33)35-29(25)22(28)5)19-27(32)24-12-10-21(4)23(17-24)11-9-20(2)3/h9-10,12-14,17-18H,7-8,11,15-16,19H2,1-6H3. The first kappa shape index (κ1) is 26.4. The molecule has 3 aromatic rings. The average Bonchev–Trinajstić information content (AvgIpc) is 2.83. The molecule has 0 aliphatic rings. The number of allylic oxidation sites excluding steroid dienone is 2. The molecule has 0 spiro atoms. The second-order valence-electron chi connectivity index (χ2n) is 9.49. The van der Waals surface area contributed by atoms with Crippen LogP contribution in [0, 0.1) is 13.8 Å². The van der Waals surface area contributed by atoms with E-state index in [9.17, 15) is 9.59 Å². The number of carbonyl (C=O) groups excluding carboxylic acids is 1. The Bertz CT molecular complexity index is 1280. The summed E-state index contributed by atoms with van der Waals surface area (Å²) >= 11 is 0. The van der Waals surface area contributed by atoms with E-state index in [2.05, 4.69) is 38.8 Å². The number of Topliss-reactive ketones (excluding diaryl/α,β-unsaturated/α-hetero) is 1.